The fourth-order valence-corrected chi connectivity index (χ4v) is 2.77. The third kappa shape index (κ3) is 2.14. The van der Waals surface area contributed by atoms with E-state index in [1.54, 1.807) is 0 Å². The highest BCUT2D eigenvalue weighted by Crippen LogP contribution is 2.31. The Bertz CT molecular complexity index is 380. The quantitative estimate of drug-likeness (QED) is 0.398. The first-order valence-electron chi connectivity index (χ1n) is 6.00. The van der Waals surface area contributed by atoms with Gasteiger partial charge in [-0.25, -0.2) is 5.32 Å². The summed E-state index contributed by atoms with van der Waals surface area (Å²) in [6.07, 6.45) is 5.04. The number of hydrogen-bond acceptors (Lipinski definition) is 4. The number of hydrogen-bond donors (Lipinski definition) is 3. The third-order valence-corrected chi connectivity index (χ3v) is 3.73. The van der Waals surface area contributed by atoms with E-state index in [1.807, 2.05) is 11.6 Å². The summed E-state index contributed by atoms with van der Waals surface area (Å²) in [6, 6.07) is 0.238. The molecule has 0 aromatic carbocycles. The molecule has 6 heteroatoms. The van der Waals surface area contributed by atoms with Crippen molar-refractivity contribution >= 4 is 5.96 Å². The van der Waals surface area contributed by atoms with Crippen LogP contribution in [-0.2, 0) is 4.84 Å². The average Bonchev–Trinajstić information content (AvgIpc) is 2.31. The van der Waals surface area contributed by atoms with Gasteiger partial charge in [-0.1, -0.05) is 6.42 Å². The zero-order valence-electron chi connectivity index (χ0n) is 10.0. The molecule has 2 unspecified atom stereocenters. The molecule has 5 nitrogen and oxygen atoms in total. The number of nitrogens with one attached hydrogen (secondary N) is 2. The van der Waals surface area contributed by atoms with Crippen molar-refractivity contribution in [1.29, 1.82) is 0 Å². The molecule has 0 amide bonds. The lowest BCUT2D eigenvalue weighted by Gasteiger charge is -2.37. The summed E-state index contributed by atoms with van der Waals surface area (Å²) >= 11 is 0. The monoisotopic (exact) mass is 258 g/mol. The van der Waals surface area contributed by atoms with Gasteiger partial charge in [-0.05, 0) is 24.8 Å². The predicted octanol–water partition coefficient (Wildman–Crippen LogP) is -3.35. The number of likely N-dealkylation sites (N-methyl/N-ethyl adjacent to an activating group) is 1. The van der Waals surface area contributed by atoms with Crippen LogP contribution in [0.3, 0.4) is 0 Å². The highest BCUT2D eigenvalue weighted by Gasteiger charge is 2.37. The second-order valence-corrected chi connectivity index (χ2v) is 4.85. The first kappa shape index (κ1) is 12.7. The van der Waals surface area contributed by atoms with E-state index >= 15 is 0 Å². The lowest BCUT2D eigenvalue weighted by molar-refractivity contribution is -0.508. The zero-order valence-corrected chi connectivity index (χ0v) is 10.8. The molecule has 3 aliphatic rings. The van der Waals surface area contributed by atoms with E-state index in [-0.39, 0.29) is 24.6 Å². The molecule has 1 aliphatic carbocycles. The lowest BCUT2D eigenvalue weighted by Crippen LogP contribution is -3.00. The van der Waals surface area contributed by atoms with Gasteiger partial charge in [0.15, 0.2) is 0 Å². The van der Waals surface area contributed by atoms with Crippen molar-refractivity contribution in [3.63, 3.8) is 0 Å². The highest BCUT2D eigenvalue weighted by atomic mass is 35.5. The number of nitrogens with zero attached hydrogens (tertiary/aromatic N) is 1. The first-order chi connectivity index (χ1) is 7.75. The molecular formula is C11H19ClN4O. The Morgan fingerprint density at radius 2 is 2.24 bits per heavy atom. The van der Waals surface area contributed by atoms with Gasteiger partial charge in [0, 0.05) is 0 Å². The van der Waals surface area contributed by atoms with Gasteiger partial charge in [-0.15, -0.1) is 0 Å². The minimum absolute atomic E-state index is 0. The van der Waals surface area contributed by atoms with Crippen LogP contribution in [0.4, 0.5) is 0 Å². The smallest absolute Gasteiger partial charge is 0.348 e. The van der Waals surface area contributed by atoms with Crippen LogP contribution in [0, 0.1) is 0 Å². The van der Waals surface area contributed by atoms with Crippen molar-refractivity contribution in [3.05, 3.63) is 11.3 Å². The topological polar surface area (TPSA) is 62.3 Å². The summed E-state index contributed by atoms with van der Waals surface area (Å²) in [5, 5.41) is 3.32. The average molecular weight is 259 g/mol. The van der Waals surface area contributed by atoms with Crippen LogP contribution < -0.4 is 28.9 Å². The summed E-state index contributed by atoms with van der Waals surface area (Å²) < 4.78 is 2.01. The maximum Gasteiger partial charge on any atom is 0.348 e. The minimum atomic E-state index is 0. The normalized spacial score (nSPS) is 32.3. The van der Waals surface area contributed by atoms with Gasteiger partial charge >= 0.3 is 5.96 Å². The lowest BCUT2D eigenvalue weighted by atomic mass is 9.87. The molecule has 0 radical (unpaired) electrons. The Morgan fingerprint density at radius 1 is 1.41 bits per heavy atom. The Morgan fingerprint density at radius 3 is 3.06 bits per heavy atom. The molecule has 2 aliphatic heterocycles. The maximum absolute atomic E-state index is 5.94. The van der Waals surface area contributed by atoms with E-state index in [2.05, 4.69) is 10.8 Å². The Hall–Kier alpha value is -0.780. The second-order valence-electron chi connectivity index (χ2n) is 4.85. The van der Waals surface area contributed by atoms with E-state index in [0.717, 1.165) is 25.3 Å². The minimum Gasteiger partial charge on any atom is -1.00 e. The van der Waals surface area contributed by atoms with Gasteiger partial charge in [-0.2, -0.15) is 5.48 Å². The molecule has 1 fully saturated rings. The predicted molar refractivity (Wildman–Crippen MR) is 60.7 cm³/mol. The standard InChI is InChI=1S/C11H18N4O.ClH/c1-15-6-8-10(13-11(15)12)7-4-2-3-5-9(7)16-14-8;/h8-9,14H,2-6H2,1H3,(H2,12,13);1H. The van der Waals surface area contributed by atoms with Crippen LogP contribution in [-0.4, -0.2) is 36.3 Å². The third-order valence-electron chi connectivity index (χ3n) is 3.73. The molecule has 0 spiro atoms. The van der Waals surface area contributed by atoms with Crippen LogP contribution >= 0.6 is 0 Å². The van der Waals surface area contributed by atoms with Gasteiger partial charge in [0.1, 0.15) is 17.8 Å². The van der Waals surface area contributed by atoms with E-state index < -0.39 is 0 Å². The van der Waals surface area contributed by atoms with Crippen LogP contribution in [0.5, 0.6) is 0 Å². The molecule has 2 atom stereocenters. The van der Waals surface area contributed by atoms with Crippen LogP contribution in [0.1, 0.15) is 25.7 Å². The molecule has 96 valence electrons. The van der Waals surface area contributed by atoms with Gasteiger partial charge < -0.3 is 12.4 Å². The van der Waals surface area contributed by atoms with Gasteiger partial charge in [0.2, 0.25) is 0 Å². The molecule has 2 heterocycles. The summed E-state index contributed by atoms with van der Waals surface area (Å²) in [5.74, 6) is 0.742. The van der Waals surface area contributed by atoms with Gasteiger partial charge in [0.25, 0.3) is 0 Å². The molecule has 0 aromatic heterocycles. The van der Waals surface area contributed by atoms with Crippen molar-refractivity contribution in [3.8, 4) is 0 Å². The first-order valence-corrected chi connectivity index (χ1v) is 6.00. The number of halogens is 1. The SMILES string of the molecule is C[N+]1=C(N)NC2=C3CCCCC3ONC2C1.[Cl-]. The Balaban J connectivity index is 0.00000108. The summed E-state index contributed by atoms with van der Waals surface area (Å²) in [4.78, 5) is 5.71. The fourth-order valence-electron chi connectivity index (χ4n) is 2.77. The highest BCUT2D eigenvalue weighted by molar-refractivity contribution is 5.76. The second kappa shape index (κ2) is 4.84. The number of hydroxylamine groups is 1. The molecule has 0 aromatic rings. The van der Waals surface area contributed by atoms with Crippen LogP contribution in [0.2, 0.25) is 0 Å². The molecule has 0 saturated heterocycles. The molecular weight excluding hydrogens is 240 g/mol. The van der Waals surface area contributed by atoms with E-state index in [0.29, 0.717) is 0 Å². The van der Waals surface area contributed by atoms with Crippen molar-refractivity contribution in [2.45, 2.75) is 37.8 Å². The Kier molecular flexibility index (Phi) is 3.61. The number of guanidine groups is 1. The maximum atomic E-state index is 5.94. The van der Waals surface area contributed by atoms with Crippen molar-refractivity contribution in [1.82, 2.24) is 10.8 Å². The van der Waals surface area contributed by atoms with Gasteiger partial charge in [-0.3, -0.25) is 15.1 Å². The molecule has 17 heavy (non-hydrogen) atoms. The number of fused-ring (bicyclic) bond motifs is 2. The van der Waals surface area contributed by atoms with E-state index in [9.17, 15) is 0 Å². The Labute approximate surface area is 107 Å². The molecule has 1 saturated carbocycles. The van der Waals surface area contributed by atoms with Crippen molar-refractivity contribution in [2.24, 2.45) is 5.73 Å². The van der Waals surface area contributed by atoms with E-state index in [4.69, 9.17) is 10.6 Å². The van der Waals surface area contributed by atoms with Crippen molar-refractivity contribution < 1.29 is 21.8 Å². The van der Waals surface area contributed by atoms with Gasteiger partial charge in [0.05, 0.1) is 13.6 Å². The molecule has 3 rings (SSSR count). The summed E-state index contributed by atoms with van der Waals surface area (Å²) in [5.41, 5.74) is 11.8. The van der Waals surface area contributed by atoms with E-state index in [1.165, 1.54) is 24.1 Å². The zero-order chi connectivity index (χ0) is 11.1. The summed E-state index contributed by atoms with van der Waals surface area (Å²) in [7, 11) is 1.98. The molecule has 0 bridgehead atoms. The summed E-state index contributed by atoms with van der Waals surface area (Å²) in [6.45, 7) is 0.865. The van der Waals surface area contributed by atoms with Crippen LogP contribution in [0.15, 0.2) is 11.3 Å². The largest absolute Gasteiger partial charge is 1.00 e. The number of nitrogens with two attached hydrogens (primary N) is 1. The number of rotatable bonds is 0. The van der Waals surface area contributed by atoms with Crippen molar-refractivity contribution in [2.75, 3.05) is 13.6 Å². The molecule has 4 N–H and O–H groups in total. The fraction of sp³-hybridized carbons (Fsp3) is 0.727. The van der Waals surface area contributed by atoms with Crippen LogP contribution in [0.25, 0.3) is 0 Å².